The first kappa shape index (κ1) is 28.0. The van der Waals surface area contributed by atoms with E-state index in [1.807, 2.05) is 6.07 Å². The molecule has 0 atom stereocenters. The number of carboxylic acid groups (broad SMARTS) is 1. The van der Waals surface area contributed by atoms with Gasteiger partial charge in [0.15, 0.2) is 0 Å². The number of nitrogens with one attached hydrogen (secondary N) is 1. The normalized spacial score (nSPS) is 11.0. The van der Waals surface area contributed by atoms with E-state index in [4.69, 9.17) is 9.84 Å². The first-order valence-electron chi connectivity index (χ1n) is 12.7. The summed E-state index contributed by atoms with van der Waals surface area (Å²) >= 11 is 0. The molecule has 2 N–H and O–H groups in total. The summed E-state index contributed by atoms with van der Waals surface area (Å²) < 4.78 is 5.78. The first-order chi connectivity index (χ1) is 15.5. The number of unbranched alkanes of at least 4 members (excludes halogenated alkanes) is 12. The van der Waals surface area contributed by atoms with Gasteiger partial charge in [-0.2, -0.15) is 0 Å². The van der Waals surface area contributed by atoms with E-state index in [9.17, 15) is 9.59 Å². The Kier molecular flexibility index (Phi) is 16.2. The second-order valence-electron chi connectivity index (χ2n) is 9.20. The van der Waals surface area contributed by atoms with Crippen molar-refractivity contribution in [1.82, 2.24) is 5.32 Å². The van der Waals surface area contributed by atoms with Gasteiger partial charge in [-0.3, -0.25) is 9.59 Å². The zero-order chi connectivity index (χ0) is 23.4. The fourth-order valence-electron chi connectivity index (χ4n) is 3.81. The number of para-hydroxylation sites is 1. The van der Waals surface area contributed by atoms with E-state index < -0.39 is 18.4 Å². The molecule has 0 fully saturated rings. The van der Waals surface area contributed by atoms with Crippen LogP contribution < -0.4 is 10.1 Å². The third-order valence-corrected chi connectivity index (χ3v) is 5.72. The maximum atomic E-state index is 12.1. The standard InChI is InChI=1S/C27H45NO4/c1-23(2)18-14-12-10-8-6-4-3-5-7-9-11-13-17-21-32-25-20-16-15-19-24(25)27(31)28-22-26(29)30/h15-16,19-20,23H,3-14,17-18,21-22H2,1-2H3,(H,28,31)(H,29,30). The molecule has 0 radical (unpaired) electrons. The van der Waals surface area contributed by atoms with Gasteiger partial charge in [0.05, 0.1) is 12.2 Å². The van der Waals surface area contributed by atoms with Crippen LogP contribution in [-0.2, 0) is 4.79 Å². The summed E-state index contributed by atoms with van der Waals surface area (Å²) in [4.78, 5) is 22.7. The third kappa shape index (κ3) is 14.9. The lowest BCUT2D eigenvalue weighted by Crippen LogP contribution is -2.29. The van der Waals surface area contributed by atoms with Gasteiger partial charge in [0.2, 0.25) is 0 Å². The first-order valence-corrected chi connectivity index (χ1v) is 12.7. The number of carboxylic acids is 1. The summed E-state index contributed by atoms with van der Waals surface area (Å²) in [5.41, 5.74) is 0.379. The molecule has 5 nitrogen and oxygen atoms in total. The van der Waals surface area contributed by atoms with Crippen LogP contribution >= 0.6 is 0 Å². The lowest BCUT2D eigenvalue weighted by Gasteiger charge is -2.11. The van der Waals surface area contributed by atoms with E-state index in [1.54, 1.807) is 18.2 Å². The Morgan fingerprint density at radius 1 is 0.812 bits per heavy atom. The zero-order valence-electron chi connectivity index (χ0n) is 20.4. The van der Waals surface area contributed by atoms with E-state index in [2.05, 4.69) is 19.2 Å². The monoisotopic (exact) mass is 447 g/mol. The van der Waals surface area contributed by atoms with Crippen LogP contribution in [0, 0.1) is 5.92 Å². The van der Waals surface area contributed by atoms with Crippen molar-refractivity contribution in [3.05, 3.63) is 29.8 Å². The van der Waals surface area contributed by atoms with Gasteiger partial charge in [0, 0.05) is 0 Å². The minimum Gasteiger partial charge on any atom is -0.493 e. The highest BCUT2D eigenvalue weighted by Gasteiger charge is 2.12. The zero-order valence-corrected chi connectivity index (χ0v) is 20.4. The van der Waals surface area contributed by atoms with Gasteiger partial charge < -0.3 is 15.2 Å². The van der Waals surface area contributed by atoms with Gasteiger partial charge in [0.25, 0.3) is 5.91 Å². The van der Waals surface area contributed by atoms with Crippen molar-refractivity contribution in [2.45, 2.75) is 104 Å². The number of rotatable bonds is 20. The third-order valence-electron chi connectivity index (χ3n) is 5.72. The summed E-state index contributed by atoms with van der Waals surface area (Å²) in [5.74, 6) is -0.127. The molecule has 182 valence electrons. The highest BCUT2D eigenvalue weighted by Crippen LogP contribution is 2.19. The molecule has 0 spiro atoms. The lowest BCUT2D eigenvalue weighted by atomic mass is 10.0. The molecule has 0 aliphatic rings. The quantitative estimate of drug-likeness (QED) is 0.211. The van der Waals surface area contributed by atoms with E-state index in [0.29, 0.717) is 17.9 Å². The van der Waals surface area contributed by atoms with Crippen molar-refractivity contribution >= 4 is 11.9 Å². The van der Waals surface area contributed by atoms with Crippen LogP contribution in [0.25, 0.3) is 0 Å². The van der Waals surface area contributed by atoms with E-state index in [1.165, 1.54) is 77.0 Å². The molecule has 0 saturated heterocycles. The molecule has 1 aromatic carbocycles. The van der Waals surface area contributed by atoms with Crippen LogP contribution in [0.4, 0.5) is 0 Å². The maximum absolute atomic E-state index is 12.1. The lowest BCUT2D eigenvalue weighted by molar-refractivity contribution is -0.135. The van der Waals surface area contributed by atoms with Crippen LogP contribution in [0.15, 0.2) is 24.3 Å². The van der Waals surface area contributed by atoms with Crippen LogP contribution in [0.1, 0.15) is 114 Å². The topological polar surface area (TPSA) is 75.6 Å². The minimum atomic E-state index is -1.07. The Labute approximate surface area is 195 Å². The van der Waals surface area contributed by atoms with E-state index in [-0.39, 0.29) is 0 Å². The van der Waals surface area contributed by atoms with Gasteiger partial charge >= 0.3 is 5.97 Å². The highest BCUT2D eigenvalue weighted by atomic mass is 16.5. The maximum Gasteiger partial charge on any atom is 0.322 e. The summed E-state index contributed by atoms with van der Waals surface area (Å²) in [6, 6.07) is 6.97. The van der Waals surface area contributed by atoms with Crippen molar-refractivity contribution in [1.29, 1.82) is 0 Å². The van der Waals surface area contributed by atoms with Crippen LogP contribution in [0.3, 0.4) is 0 Å². The molecule has 1 rings (SSSR count). The number of carbonyl (C=O) groups excluding carboxylic acids is 1. The Hall–Kier alpha value is -2.04. The van der Waals surface area contributed by atoms with Crippen molar-refractivity contribution in [3.63, 3.8) is 0 Å². The largest absolute Gasteiger partial charge is 0.493 e. The molecule has 5 heteroatoms. The predicted molar refractivity (Wildman–Crippen MR) is 131 cm³/mol. The van der Waals surface area contributed by atoms with E-state index in [0.717, 1.165) is 18.8 Å². The number of aliphatic carboxylic acids is 1. The molecule has 1 aromatic rings. The average molecular weight is 448 g/mol. The second-order valence-corrected chi connectivity index (χ2v) is 9.20. The SMILES string of the molecule is CC(C)CCCCCCCCCCCCCCCOc1ccccc1C(=O)NCC(=O)O. The number of hydrogen-bond donors (Lipinski definition) is 2. The highest BCUT2D eigenvalue weighted by molar-refractivity contribution is 5.98. The second kappa shape index (κ2) is 18.5. The average Bonchev–Trinajstić information content (AvgIpc) is 2.77. The Morgan fingerprint density at radius 3 is 1.84 bits per heavy atom. The minimum absolute atomic E-state index is 0.379. The summed E-state index contributed by atoms with van der Waals surface area (Å²) in [6.45, 7) is 4.79. The molecule has 0 bridgehead atoms. The number of amides is 1. The molecule has 32 heavy (non-hydrogen) atoms. The van der Waals surface area contributed by atoms with Gasteiger partial charge in [-0.15, -0.1) is 0 Å². The predicted octanol–water partition coefficient (Wildman–Crippen LogP) is 7.00. The molecule has 0 unspecified atom stereocenters. The van der Waals surface area contributed by atoms with E-state index >= 15 is 0 Å². The fraction of sp³-hybridized carbons (Fsp3) is 0.704. The molecule has 0 aromatic heterocycles. The fourth-order valence-corrected chi connectivity index (χ4v) is 3.81. The van der Waals surface area contributed by atoms with Gasteiger partial charge in [-0.1, -0.05) is 109 Å². The van der Waals surface area contributed by atoms with Crippen molar-refractivity contribution in [2.24, 2.45) is 5.92 Å². The summed E-state index contributed by atoms with van der Waals surface area (Å²) in [7, 11) is 0. The molecule has 0 saturated carbocycles. The molecule has 1 amide bonds. The number of ether oxygens (including phenoxy) is 1. The molecule has 0 aliphatic carbocycles. The molecular weight excluding hydrogens is 402 g/mol. The van der Waals surface area contributed by atoms with Crippen LogP contribution in [-0.4, -0.2) is 30.1 Å². The number of hydrogen-bond acceptors (Lipinski definition) is 3. The van der Waals surface area contributed by atoms with Gasteiger partial charge in [0.1, 0.15) is 12.3 Å². The van der Waals surface area contributed by atoms with Crippen LogP contribution in [0.2, 0.25) is 0 Å². The Morgan fingerprint density at radius 2 is 1.31 bits per heavy atom. The Bertz CT molecular complexity index is 630. The summed E-state index contributed by atoms with van der Waals surface area (Å²) in [6.07, 6.45) is 18.4. The smallest absolute Gasteiger partial charge is 0.322 e. The van der Waals surface area contributed by atoms with Crippen molar-refractivity contribution in [2.75, 3.05) is 13.2 Å². The Balaban J connectivity index is 1.97. The number of benzene rings is 1. The van der Waals surface area contributed by atoms with Gasteiger partial charge in [-0.25, -0.2) is 0 Å². The van der Waals surface area contributed by atoms with Crippen molar-refractivity contribution in [3.8, 4) is 5.75 Å². The van der Waals surface area contributed by atoms with Gasteiger partial charge in [-0.05, 0) is 24.5 Å². The molecular formula is C27H45NO4. The molecule has 0 heterocycles. The molecule has 0 aliphatic heterocycles. The van der Waals surface area contributed by atoms with Crippen molar-refractivity contribution < 1.29 is 19.4 Å². The summed E-state index contributed by atoms with van der Waals surface area (Å²) in [5, 5.41) is 11.1. The van der Waals surface area contributed by atoms with Crippen LogP contribution in [0.5, 0.6) is 5.75 Å². The number of carbonyl (C=O) groups is 2.